The summed E-state index contributed by atoms with van der Waals surface area (Å²) in [4.78, 5) is 58.6. The molecule has 220 valence electrons. The first-order valence-electron chi connectivity index (χ1n) is 13.5. The molecule has 0 aliphatic carbocycles. The van der Waals surface area contributed by atoms with Crippen molar-refractivity contribution in [3.8, 4) is 11.1 Å². The van der Waals surface area contributed by atoms with Crippen LogP contribution >= 0.6 is 23.2 Å². The molecule has 10 nitrogen and oxygen atoms in total. The highest BCUT2D eigenvalue weighted by molar-refractivity contribution is 6.36. The molecule has 1 fully saturated rings. The number of alkyl carbamates (subject to hydrolysis) is 1. The lowest BCUT2D eigenvalue weighted by Gasteiger charge is -2.21. The van der Waals surface area contributed by atoms with Gasteiger partial charge >= 0.3 is 6.09 Å². The van der Waals surface area contributed by atoms with Gasteiger partial charge in [-0.05, 0) is 46.2 Å². The minimum Gasteiger partial charge on any atom is -0.444 e. The van der Waals surface area contributed by atoms with Gasteiger partial charge in [-0.15, -0.1) is 0 Å². The van der Waals surface area contributed by atoms with Gasteiger partial charge in [-0.25, -0.2) is 4.79 Å². The molecular weight excluding hydrogens is 569 g/mol. The molecule has 4 amide bonds. The molecule has 0 unspecified atom stereocenters. The number of halogens is 2. The Morgan fingerprint density at radius 1 is 1.17 bits per heavy atom. The largest absolute Gasteiger partial charge is 0.444 e. The van der Waals surface area contributed by atoms with Gasteiger partial charge < -0.3 is 25.2 Å². The van der Waals surface area contributed by atoms with Gasteiger partial charge in [0.05, 0.1) is 17.8 Å². The first-order valence-corrected chi connectivity index (χ1v) is 14.3. The van der Waals surface area contributed by atoms with Crippen molar-refractivity contribution in [1.29, 1.82) is 0 Å². The number of ether oxygens (including phenoxy) is 1. The van der Waals surface area contributed by atoms with Gasteiger partial charge in [0.15, 0.2) is 0 Å². The maximum absolute atomic E-state index is 13.8. The Bertz CT molecular complexity index is 1390. The number of benzene rings is 1. The minimum atomic E-state index is -0.675. The Balaban J connectivity index is 1.58. The van der Waals surface area contributed by atoms with Crippen molar-refractivity contribution in [2.45, 2.75) is 72.2 Å². The summed E-state index contributed by atoms with van der Waals surface area (Å²) in [5, 5.41) is 6.42. The molecule has 0 spiro atoms. The molecule has 1 atom stereocenters. The highest BCUT2D eigenvalue weighted by Crippen LogP contribution is 2.40. The van der Waals surface area contributed by atoms with Crippen LogP contribution in [0.2, 0.25) is 10.0 Å². The van der Waals surface area contributed by atoms with Crippen molar-refractivity contribution in [3.63, 3.8) is 0 Å². The van der Waals surface area contributed by atoms with E-state index in [4.69, 9.17) is 32.9 Å². The van der Waals surface area contributed by atoms with Crippen LogP contribution in [-0.2, 0) is 27.4 Å². The van der Waals surface area contributed by atoms with Gasteiger partial charge in [0.2, 0.25) is 11.8 Å². The average Bonchev–Trinajstić information content (AvgIpc) is 3.44. The Morgan fingerprint density at radius 3 is 2.56 bits per heavy atom. The summed E-state index contributed by atoms with van der Waals surface area (Å²) in [7, 11) is 0. The molecule has 0 saturated carbocycles. The number of pyridine rings is 1. The molecular formula is C29H35Cl2N5O5. The number of nitrogens with zero attached hydrogens (tertiary/aromatic N) is 3. The zero-order chi connectivity index (χ0) is 30.1. The van der Waals surface area contributed by atoms with E-state index in [2.05, 4.69) is 10.6 Å². The maximum Gasteiger partial charge on any atom is 0.407 e. The normalized spacial score (nSPS) is 16.6. The SMILES string of the molecule is CC(=O)N[C@H]1CCN(C(=O)CCN2Cc3nc(C)c(CNC(=O)OC(C)(C)C)c(-c4ccc(Cl)cc4Cl)c3C2=O)C1. The second-order valence-corrected chi connectivity index (χ2v) is 12.2. The lowest BCUT2D eigenvalue weighted by Crippen LogP contribution is -2.38. The summed E-state index contributed by atoms with van der Waals surface area (Å²) in [6.07, 6.45) is 0.253. The lowest BCUT2D eigenvalue weighted by molar-refractivity contribution is -0.130. The number of carbonyl (C=O) groups excluding carboxylic acids is 4. The molecule has 2 aromatic rings. The number of aromatic nitrogens is 1. The Labute approximate surface area is 249 Å². The summed E-state index contributed by atoms with van der Waals surface area (Å²) in [6.45, 7) is 10.1. The number of aryl methyl sites for hydroxylation is 1. The van der Waals surface area contributed by atoms with E-state index in [0.29, 0.717) is 63.2 Å². The van der Waals surface area contributed by atoms with Crippen LogP contribution in [0.3, 0.4) is 0 Å². The van der Waals surface area contributed by atoms with Crippen LogP contribution < -0.4 is 10.6 Å². The molecule has 1 saturated heterocycles. The number of likely N-dealkylation sites (tertiary alicyclic amines) is 1. The van der Waals surface area contributed by atoms with Gasteiger partial charge in [0.1, 0.15) is 5.60 Å². The molecule has 2 aliphatic rings. The zero-order valence-corrected chi connectivity index (χ0v) is 25.4. The number of carbonyl (C=O) groups is 4. The average molecular weight is 605 g/mol. The predicted octanol–water partition coefficient (Wildman–Crippen LogP) is 4.47. The quantitative estimate of drug-likeness (QED) is 0.481. The molecule has 41 heavy (non-hydrogen) atoms. The van der Waals surface area contributed by atoms with Crippen LogP contribution in [0.1, 0.15) is 67.8 Å². The van der Waals surface area contributed by atoms with Crippen molar-refractivity contribution >= 4 is 47.0 Å². The smallest absolute Gasteiger partial charge is 0.407 e. The van der Waals surface area contributed by atoms with Crippen molar-refractivity contribution < 1.29 is 23.9 Å². The highest BCUT2D eigenvalue weighted by atomic mass is 35.5. The van der Waals surface area contributed by atoms with E-state index in [1.54, 1.807) is 48.8 Å². The fraction of sp³-hybridized carbons (Fsp3) is 0.483. The van der Waals surface area contributed by atoms with Crippen LogP contribution in [0, 0.1) is 6.92 Å². The van der Waals surface area contributed by atoms with Crippen LogP contribution in [0.5, 0.6) is 0 Å². The van der Waals surface area contributed by atoms with Crippen LogP contribution in [0.15, 0.2) is 18.2 Å². The number of rotatable bonds is 7. The minimum absolute atomic E-state index is 0.0549. The monoisotopic (exact) mass is 603 g/mol. The third-order valence-corrected chi connectivity index (χ3v) is 7.52. The molecule has 12 heteroatoms. The van der Waals surface area contributed by atoms with E-state index in [-0.39, 0.29) is 49.8 Å². The highest BCUT2D eigenvalue weighted by Gasteiger charge is 2.35. The van der Waals surface area contributed by atoms with Gasteiger partial charge in [0.25, 0.3) is 5.91 Å². The van der Waals surface area contributed by atoms with Crippen molar-refractivity contribution in [2.24, 2.45) is 0 Å². The summed E-state index contributed by atoms with van der Waals surface area (Å²) < 4.78 is 5.39. The standard InChI is InChI=1S/C29H35Cl2N5O5/c1-16-21(13-32-28(40)41-29(3,4)5)25(20-7-6-18(30)12-22(20)31)26-23(33-16)15-36(27(26)39)11-9-24(38)35-10-8-19(14-35)34-17(2)37/h6-7,12,19H,8-11,13-15H2,1-5H3,(H,32,40)(H,34,37)/t19-/m0/s1. The van der Waals surface area contributed by atoms with E-state index in [0.717, 1.165) is 0 Å². The van der Waals surface area contributed by atoms with E-state index >= 15 is 0 Å². The summed E-state index contributed by atoms with van der Waals surface area (Å²) in [6, 6.07) is 4.98. The summed E-state index contributed by atoms with van der Waals surface area (Å²) in [5.74, 6) is -0.462. The summed E-state index contributed by atoms with van der Waals surface area (Å²) in [5.41, 5.74) is 2.71. The van der Waals surface area contributed by atoms with E-state index in [9.17, 15) is 19.2 Å². The third kappa shape index (κ3) is 7.29. The number of hydrogen-bond donors (Lipinski definition) is 2. The molecule has 3 heterocycles. The van der Waals surface area contributed by atoms with Crippen LogP contribution in [0.4, 0.5) is 4.79 Å². The van der Waals surface area contributed by atoms with Crippen molar-refractivity contribution in [1.82, 2.24) is 25.4 Å². The van der Waals surface area contributed by atoms with E-state index < -0.39 is 11.7 Å². The topological polar surface area (TPSA) is 121 Å². The molecule has 1 aromatic heterocycles. The summed E-state index contributed by atoms with van der Waals surface area (Å²) >= 11 is 12.8. The number of fused-ring (bicyclic) bond motifs is 1. The zero-order valence-electron chi connectivity index (χ0n) is 23.9. The van der Waals surface area contributed by atoms with Gasteiger partial charge in [-0.1, -0.05) is 29.3 Å². The van der Waals surface area contributed by atoms with E-state index in [1.165, 1.54) is 6.92 Å². The van der Waals surface area contributed by atoms with Crippen LogP contribution in [0.25, 0.3) is 11.1 Å². The Kier molecular flexibility index (Phi) is 9.13. The number of hydrogen-bond acceptors (Lipinski definition) is 6. The third-order valence-electron chi connectivity index (χ3n) is 6.97. The molecule has 2 N–H and O–H groups in total. The first kappa shape index (κ1) is 30.6. The molecule has 4 rings (SSSR count). The van der Waals surface area contributed by atoms with E-state index in [1.807, 2.05) is 6.92 Å². The predicted molar refractivity (Wildman–Crippen MR) is 156 cm³/mol. The van der Waals surface area contributed by atoms with Crippen LogP contribution in [-0.4, -0.2) is 69.9 Å². The van der Waals surface area contributed by atoms with Gasteiger partial charge in [-0.2, -0.15) is 0 Å². The molecule has 1 aromatic carbocycles. The van der Waals surface area contributed by atoms with Crippen molar-refractivity contribution in [3.05, 3.63) is 50.8 Å². The number of nitrogens with one attached hydrogen (secondary N) is 2. The van der Waals surface area contributed by atoms with Crippen molar-refractivity contribution in [2.75, 3.05) is 19.6 Å². The fourth-order valence-corrected chi connectivity index (χ4v) is 5.70. The maximum atomic E-state index is 13.8. The van der Waals surface area contributed by atoms with Gasteiger partial charge in [0, 0.05) is 78.0 Å². The second-order valence-electron chi connectivity index (χ2n) is 11.4. The Morgan fingerprint density at radius 2 is 1.90 bits per heavy atom. The fourth-order valence-electron chi connectivity index (χ4n) is 5.20. The molecule has 2 aliphatic heterocycles. The lowest BCUT2D eigenvalue weighted by atomic mass is 9.92. The molecule has 0 bridgehead atoms. The van der Waals surface area contributed by atoms with Gasteiger partial charge in [-0.3, -0.25) is 19.4 Å². The second kappa shape index (κ2) is 12.2. The Hall–Kier alpha value is -3.37. The first-order chi connectivity index (χ1) is 19.2. The molecule has 0 radical (unpaired) electrons. The number of amides is 4.